The Kier molecular flexibility index (Phi) is 3.71. The summed E-state index contributed by atoms with van der Waals surface area (Å²) in [4.78, 5) is 7.44. The maximum absolute atomic E-state index is 10.4. The molecule has 0 saturated heterocycles. The fraction of sp³-hybridized carbons (Fsp3) is 0.118. The lowest BCUT2D eigenvalue weighted by Crippen LogP contribution is -2.02. The van der Waals surface area contributed by atoms with Crippen molar-refractivity contribution in [1.82, 2.24) is 9.97 Å². The second-order valence-electron chi connectivity index (χ2n) is 4.73. The van der Waals surface area contributed by atoms with Crippen LogP contribution in [0.15, 0.2) is 60.8 Å². The Morgan fingerprint density at radius 3 is 2.67 bits per heavy atom. The molecule has 0 amide bonds. The molecule has 0 fully saturated rings. The van der Waals surface area contributed by atoms with Crippen LogP contribution in [0.1, 0.15) is 17.5 Å². The number of nitrogens with one attached hydrogen (secondary N) is 1. The third kappa shape index (κ3) is 2.80. The van der Waals surface area contributed by atoms with E-state index in [0.29, 0.717) is 11.6 Å². The summed E-state index contributed by atoms with van der Waals surface area (Å²) in [6.45, 7) is 0. The monoisotopic (exact) mass is 280 g/mol. The van der Waals surface area contributed by atoms with Gasteiger partial charge in [-0.05, 0) is 23.3 Å². The Morgan fingerprint density at radius 2 is 1.90 bits per heavy atom. The minimum Gasteiger partial charge on any atom is -0.497 e. The summed E-state index contributed by atoms with van der Waals surface area (Å²) < 4.78 is 5.17. The quantitative estimate of drug-likeness (QED) is 0.771. The van der Waals surface area contributed by atoms with E-state index < -0.39 is 6.10 Å². The van der Waals surface area contributed by atoms with Gasteiger partial charge >= 0.3 is 0 Å². The van der Waals surface area contributed by atoms with Crippen LogP contribution in [0.2, 0.25) is 0 Å². The first-order valence-corrected chi connectivity index (χ1v) is 6.70. The van der Waals surface area contributed by atoms with E-state index in [1.54, 1.807) is 19.4 Å². The van der Waals surface area contributed by atoms with Crippen molar-refractivity contribution in [2.24, 2.45) is 0 Å². The summed E-state index contributed by atoms with van der Waals surface area (Å²) in [5.74, 6) is 1.23. The minimum atomic E-state index is -0.808. The van der Waals surface area contributed by atoms with E-state index >= 15 is 0 Å². The summed E-state index contributed by atoms with van der Waals surface area (Å²) in [6.07, 6.45) is 0.922. The van der Waals surface area contributed by atoms with Gasteiger partial charge in [-0.15, -0.1) is 0 Å². The second kappa shape index (κ2) is 5.81. The smallest absolute Gasteiger partial charge is 0.140 e. The zero-order valence-electron chi connectivity index (χ0n) is 11.7. The summed E-state index contributed by atoms with van der Waals surface area (Å²) in [5, 5.41) is 10.4. The van der Waals surface area contributed by atoms with Gasteiger partial charge < -0.3 is 14.8 Å². The number of ether oxygens (including phenoxy) is 1. The molecule has 0 saturated carbocycles. The van der Waals surface area contributed by atoms with Gasteiger partial charge in [0.15, 0.2) is 0 Å². The average Bonchev–Trinajstić information content (AvgIpc) is 3.05. The molecular formula is C17H16N2O2. The zero-order chi connectivity index (χ0) is 14.7. The minimum absolute atomic E-state index is 0.516. The molecule has 4 nitrogen and oxygen atoms in total. The molecular weight excluding hydrogens is 264 g/mol. The number of aliphatic hydroxyl groups is 1. The predicted octanol–water partition coefficient (Wildman–Crippen LogP) is 3.17. The van der Waals surface area contributed by atoms with E-state index in [2.05, 4.69) is 9.97 Å². The van der Waals surface area contributed by atoms with E-state index in [1.165, 1.54) is 0 Å². The van der Waals surface area contributed by atoms with Crippen LogP contribution in [0.25, 0.3) is 11.3 Å². The SMILES string of the molecule is COc1cccc(C(O)c2ncc(-c3ccccc3)[nH]2)c1. The maximum Gasteiger partial charge on any atom is 0.140 e. The lowest BCUT2D eigenvalue weighted by atomic mass is 10.1. The van der Waals surface area contributed by atoms with Crippen molar-refractivity contribution in [3.05, 3.63) is 72.2 Å². The normalized spacial score (nSPS) is 12.1. The Morgan fingerprint density at radius 1 is 1.10 bits per heavy atom. The topological polar surface area (TPSA) is 58.1 Å². The largest absolute Gasteiger partial charge is 0.497 e. The number of hydrogen-bond donors (Lipinski definition) is 2. The van der Waals surface area contributed by atoms with Gasteiger partial charge in [-0.3, -0.25) is 0 Å². The van der Waals surface area contributed by atoms with Crippen LogP contribution >= 0.6 is 0 Å². The molecule has 2 N–H and O–H groups in total. The second-order valence-corrected chi connectivity index (χ2v) is 4.73. The highest BCUT2D eigenvalue weighted by atomic mass is 16.5. The summed E-state index contributed by atoms with van der Waals surface area (Å²) >= 11 is 0. The van der Waals surface area contributed by atoms with E-state index in [0.717, 1.165) is 16.8 Å². The molecule has 0 aliphatic heterocycles. The number of H-pyrrole nitrogens is 1. The van der Waals surface area contributed by atoms with Crippen molar-refractivity contribution in [3.8, 4) is 17.0 Å². The molecule has 2 aromatic carbocycles. The van der Waals surface area contributed by atoms with Crippen LogP contribution in [0.4, 0.5) is 0 Å². The van der Waals surface area contributed by atoms with Gasteiger partial charge in [0.2, 0.25) is 0 Å². The van der Waals surface area contributed by atoms with Crippen molar-refractivity contribution in [3.63, 3.8) is 0 Å². The van der Waals surface area contributed by atoms with E-state index in [4.69, 9.17) is 4.74 Å². The molecule has 0 radical (unpaired) electrons. The number of aliphatic hydroxyl groups excluding tert-OH is 1. The van der Waals surface area contributed by atoms with Crippen LogP contribution in [-0.2, 0) is 0 Å². The van der Waals surface area contributed by atoms with E-state index in [-0.39, 0.29) is 0 Å². The average molecular weight is 280 g/mol. The Hall–Kier alpha value is -2.59. The number of imidazole rings is 1. The third-order valence-corrected chi connectivity index (χ3v) is 3.35. The number of nitrogens with zero attached hydrogens (tertiary/aromatic N) is 1. The highest BCUT2D eigenvalue weighted by molar-refractivity contribution is 5.58. The van der Waals surface area contributed by atoms with Gasteiger partial charge in [-0.1, -0.05) is 42.5 Å². The number of hydrogen-bond acceptors (Lipinski definition) is 3. The number of methoxy groups -OCH3 is 1. The van der Waals surface area contributed by atoms with Crippen molar-refractivity contribution in [1.29, 1.82) is 0 Å². The van der Waals surface area contributed by atoms with Gasteiger partial charge in [-0.25, -0.2) is 4.98 Å². The number of benzene rings is 2. The number of aromatic nitrogens is 2. The van der Waals surface area contributed by atoms with Gasteiger partial charge in [0, 0.05) is 0 Å². The molecule has 0 bridgehead atoms. The molecule has 4 heteroatoms. The molecule has 21 heavy (non-hydrogen) atoms. The Labute approximate surface area is 123 Å². The van der Waals surface area contributed by atoms with Crippen LogP contribution in [0, 0.1) is 0 Å². The van der Waals surface area contributed by atoms with Crippen molar-refractivity contribution >= 4 is 0 Å². The van der Waals surface area contributed by atoms with Crippen molar-refractivity contribution in [2.75, 3.05) is 7.11 Å². The summed E-state index contributed by atoms with van der Waals surface area (Å²) in [5.41, 5.74) is 2.66. The first-order chi connectivity index (χ1) is 10.3. The van der Waals surface area contributed by atoms with E-state index in [1.807, 2.05) is 48.5 Å². The summed E-state index contributed by atoms with van der Waals surface area (Å²) in [6, 6.07) is 17.2. The molecule has 1 heterocycles. The zero-order valence-corrected chi connectivity index (χ0v) is 11.7. The van der Waals surface area contributed by atoms with Crippen LogP contribution < -0.4 is 4.74 Å². The summed E-state index contributed by atoms with van der Waals surface area (Å²) in [7, 11) is 1.60. The first kappa shape index (κ1) is 13.4. The molecule has 3 rings (SSSR count). The molecule has 1 unspecified atom stereocenters. The van der Waals surface area contributed by atoms with Gasteiger partial charge in [0.1, 0.15) is 17.7 Å². The predicted molar refractivity (Wildman–Crippen MR) is 81.1 cm³/mol. The van der Waals surface area contributed by atoms with Crippen molar-refractivity contribution in [2.45, 2.75) is 6.10 Å². The molecule has 0 aliphatic rings. The van der Waals surface area contributed by atoms with Crippen LogP contribution in [-0.4, -0.2) is 22.2 Å². The lowest BCUT2D eigenvalue weighted by Gasteiger charge is -2.09. The Balaban J connectivity index is 1.88. The fourth-order valence-corrected chi connectivity index (χ4v) is 2.21. The number of aromatic amines is 1. The number of rotatable bonds is 4. The standard InChI is InChI=1S/C17H16N2O2/c1-21-14-9-5-8-13(10-14)16(20)17-18-11-15(19-17)12-6-3-2-4-7-12/h2-11,16,20H,1H3,(H,18,19). The third-order valence-electron chi connectivity index (χ3n) is 3.35. The first-order valence-electron chi connectivity index (χ1n) is 6.70. The fourth-order valence-electron chi connectivity index (χ4n) is 2.21. The highest BCUT2D eigenvalue weighted by Gasteiger charge is 2.15. The lowest BCUT2D eigenvalue weighted by molar-refractivity contribution is 0.210. The maximum atomic E-state index is 10.4. The molecule has 1 aromatic heterocycles. The van der Waals surface area contributed by atoms with Gasteiger partial charge in [-0.2, -0.15) is 0 Å². The van der Waals surface area contributed by atoms with E-state index in [9.17, 15) is 5.11 Å². The van der Waals surface area contributed by atoms with Gasteiger partial charge in [0.25, 0.3) is 0 Å². The van der Waals surface area contributed by atoms with Gasteiger partial charge in [0.05, 0.1) is 19.0 Å². The van der Waals surface area contributed by atoms with Crippen LogP contribution in [0.5, 0.6) is 5.75 Å². The molecule has 0 aliphatic carbocycles. The molecule has 3 aromatic rings. The molecule has 106 valence electrons. The van der Waals surface area contributed by atoms with Crippen LogP contribution in [0.3, 0.4) is 0 Å². The highest BCUT2D eigenvalue weighted by Crippen LogP contribution is 2.25. The molecule has 1 atom stereocenters. The Bertz CT molecular complexity index is 722. The molecule has 0 spiro atoms. The van der Waals surface area contributed by atoms with Crippen molar-refractivity contribution < 1.29 is 9.84 Å².